The SMILES string of the molecule is C[C@H](N[C@@H]1[C@@H]2CCO[C@H]2C12CCC2)c1cccc(CO)c1. The number of nitrogens with one attached hydrogen (secondary N) is 1. The summed E-state index contributed by atoms with van der Waals surface area (Å²) >= 11 is 0. The summed E-state index contributed by atoms with van der Waals surface area (Å²) in [6.45, 7) is 3.31. The van der Waals surface area contributed by atoms with E-state index in [1.165, 1.54) is 31.2 Å². The molecule has 0 radical (unpaired) electrons. The number of rotatable bonds is 4. The molecule has 0 amide bonds. The van der Waals surface area contributed by atoms with Crippen LogP contribution in [0.4, 0.5) is 0 Å². The molecule has 1 aromatic carbocycles. The third-order valence-electron chi connectivity index (χ3n) is 6.10. The molecule has 0 aromatic heterocycles. The number of ether oxygens (including phenoxy) is 1. The molecule has 1 aromatic rings. The second kappa shape index (κ2) is 5.08. The Bertz CT molecular complexity index is 526. The lowest BCUT2D eigenvalue weighted by molar-refractivity contribution is -0.178. The molecule has 21 heavy (non-hydrogen) atoms. The first-order valence-corrected chi connectivity index (χ1v) is 8.32. The van der Waals surface area contributed by atoms with Gasteiger partial charge in [0, 0.05) is 30.0 Å². The second-order valence-corrected chi connectivity index (χ2v) is 7.10. The van der Waals surface area contributed by atoms with Gasteiger partial charge in [-0.15, -0.1) is 0 Å². The van der Waals surface area contributed by atoms with Crippen LogP contribution in [-0.2, 0) is 11.3 Å². The van der Waals surface area contributed by atoms with Crippen molar-refractivity contribution >= 4 is 0 Å². The monoisotopic (exact) mass is 287 g/mol. The summed E-state index contributed by atoms with van der Waals surface area (Å²) in [6.07, 6.45) is 5.76. The van der Waals surface area contributed by atoms with Crippen molar-refractivity contribution in [2.75, 3.05) is 6.61 Å². The van der Waals surface area contributed by atoms with Crippen LogP contribution in [0, 0.1) is 11.3 Å². The van der Waals surface area contributed by atoms with Crippen LogP contribution in [-0.4, -0.2) is 23.9 Å². The fourth-order valence-electron chi connectivity index (χ4n) is 4.82. The lowest BCUT2D eigenvalue weighted by Crippen LogP contribution is -2.71. The Balaban J connectivity index is 1.50. The Hall–Kier alpha value is -0.900. The van der Waals surface area contributed by atoms with Crippen molar-refractivity contribution in [2.24, 2.45) is 11.3 Å². The minimum absolute atomic E-state index is 0.118. The highest BCUT2D eigenvalue weighted by atomic mass is 16.5. The van der Waals surface area contributed by atoms with E-state index in [1.807, 2.05) is 12.1 Å². The van der Waals surface area contributed by atoms with Crippen LogP contribution >= 0.6 is 0 Å². The zero-order valence-corrected chi connectivity index (χ0v) is 12.7. The summed E-state index contributed by atoms with van der Waals surface area (Å²) in [5.41, 5.74) is 2.71. The van der Waals surface area contributed by atoms with Gasteiger partial charge in [0.1, 0.15) is 0 Å². The van der Waals surface area contributed by atoms with Gasteiger partial charge in [-0.3, -0.25) is 0 Å². The Labute approximate surface area is 126 Å². The normalized spacial score (nSPS) is 34.1. The highest BCUT2D eigenvalue weighted by Gasteiger charge is 2.66. The maximum absolute atomic E-state index is 9.30. The van der Waals surface area contributed by atoms with E-state index < -0.39 is 0 Å². The van der Waals surface area contributed by atoms with Crippen LogP contribution in [0.1, 0.15) is 49.8 Å². The topological polar surface area (TPSA) is 41.5 Å². The largest absolute Gasteiger partial charge is 0.392 e. The molecule has 3 aliphatic rings. The third kappa shape index (κ3) is 1.98. The van der Waals surface area contributed by atoms with Crippen molar-refractivity contribution in [2.45, 2.75) is 57.4 Å². The van der Waals surface area contributed by atoms with Gasteiger partial charge in [-0.05, 0) is 37.3 Å². The molecule has 0 unspecified atom stereocenters. The fourth-order valence-corrected chi connectivity index (χ4v) is 4.82. The summed E-state index contributed by atoms with van der Waals surface area (Å²) < 4.78 is 5.99. The average Bonchev–Trinajstić information content (AvgIpc) is 2.88. The molecule has 3 nitrogen and oxygen atoms in total. The van der Waals surface area contributed by atoms with E-state index in [0.29, 0.717) is 29.5 Å². The van der Waals surface area contributed by atoms with Crippen molar-refractivity contribution in [3.05, 3.63) is 35.4 Å². The van der Waals surface area contributed by atoms with Crippen molar-refractivity contribution in [1.29, 1.82) is 0 Å². The quantitative estimate of drug-likeness (QED) is 0.895. The maximum atomic E-state index is 9.30. The molecular weight excluding hydrogens is 262 g/mol. The highest BCUT2D eigenvalue weighted by molar-refractivity contribution is 5.27. The number of hydrogen-bond donors (Lipinski definition) is 2. The van der Waals surface area contributed by atoms with Gasteiger partial charge >= 0.3 is 0 Å². The van der Waals surface area contributed by atoms with Crippen LogP contribution in [0.25, 0.3) is 0 Å². The first-order valence-electron chi connectivity index (χ1n) is 8.32. The molecule has 2 N–H and O–H groups in total. The number of hydrogen-bond acceptors (Lipinski definition) is 3. The second-order valence-electron chi connectivity index (χ2n) is 7.10. The van der Waals surface area contributed by atoms with Crippen molar-refractivity contribution in [3.63, 3.8) is 0 Å². The molecule has 0 bridgehead atoms. The molecule has 1 saturated heterocycles. The van der Waals surface area contributed by atoms with E-state index in [-0.39, 0.29) is 6.61 Å². The van der Waals surface area contributed by atoms with E-state index in [2.05, 4.69) is 24.4 Å². The Morgan fingerprint density at radius 3 is 3.00 bits per heavy atom. The van der Waals surface area contributed by atoms with Crippen LogP contribution in [0.5, 0.6) is 0 Å². The molecular formula is C18H25NO2. The molecule has 3 heteroatoms. The van der Waals surface area contributed by atoms with E-state index in [9.17, 15) is 5.11 Å². The summed E-state index contributed by atoms with van der Waals surface area (Å²) in [7, 11) is 0. The molecule has 3 fully saturated rings. The van der Waals surface area contributed by atoms with E-state index in [0.717, 1.165) is 12.2 Å². The zero-order chi connectivity index (χ0) is 14.4. The summed E-state index contributed by atoms with van der Waals surface area (Å²) in [6, 6.07) is 9.25. The molecule has 2 aliphatic carbocycles. The molecule has 4 atom stereocenters. The summed E-state index contributed by atoms with van der Waals surface area (Å²) in [4.78, 5) is 0. The van der Waals surface area contributed by atoms with Gasteiger partial charge in [-0.2, -0.15) is 0 Å². The predicted octanol–water partition coefficient (Wildman–Crippen LogP) is 2.79. The summed E-state index contributed by atoms with van der Waals surface area (Å²) in [5.74, 6) is 0.716. The minimum Gasteiger partial charge on any atom is -0.392 e. The van der Waals surface area contributed by atoms with Gasteiger partial charge in [0.25, 0.3) is 0 Å². The number of benzene rings is 1. The predicted molar refractivity (Wildman–Crippen MR) is 81.8 cm³/mol. The fraction of sp³-hybridized carbons (Fsp3) is 0.667. The zero-order valence-electron chi connectivity index (χ0n) is 12.7. The number of aliphatic hydroxyl groups excluding tert-OH is 1. The van der Waals surface area contributed by atoms with Crippen molar-refractivity contribution < 1.29 is 9.84 Å². The van der Waals surface area contributed by atoms with Crippen LogP contribution in [0.3, 0.4) is 0 Å². The Morgan fingerprint density at radius 2 is 2.29 bits per heavy atom. The molecule has 1 aliphatic heterocycles. The first kappa shape index (κ1) is 13.7. The molecule has 2 saturated carbocycles. The Morgan fingerprint density at radius 1 is 1.43 bits per heavy atom. The van der Waals surface area contributed by atoms with Gasteiger partial charge in [0.05, 0.1) is 12.7 Å². The summed E-state index contributed by atoms with van der Waals surface area (Å²) in [5, 5.41) is 13.2. The lowest BCUT2D eigenvalue weighted by Gasteiger charge is -2.64. The van der Waals surface area contributed by atoms with E-state index in [1.54, 1.807) is 0 Å². The standard InChI is InChI=1S/C18H25NO2/c1-12(14-5-2-4-13(10-14)11-20)19-16-15-6-9-21-17(15)18(16)7-3-8-18/h2,4-5,10,12,15-17,19-20H,3,6-9,11H2,1H3/t12-,15-,16+,17+/m0/s1. The van der Waals surface area contributed by atoms with Crippen LogP contribution in [0.15, 0.2) is 24.3 Å². The number of fused-ring (bicyclic) bond motifs is 2. The van der Waals surface area contributed by atoms with E-state index >= 15 is 0 Å². The van der Waals surface area contributed by atoms with Gasteiger partial charge in [0.2, 0.25) is 0 Å². The van der Waals surface area contributed by atoms with E-state index in [4.69, 9.17) is 4.74 Å². The minimum atomic E-state index is 0.118. The maximum Gasteiger partial charge on any atom is 0.0690 e. The molecule has 4 rings (SSSR count). The third-order valence-corrected chi connectivity index (χ3v) is 6.10. The van der Waals surface area contributed by atoms with Gasteiger partial charge < -0.3 is 15.2 Å². The first-order chi connectivity index (χ1) is 10.2. The van der Waals surface area contributed by atoms with Gasteiger partial charge in [0.15, 0.2) is 0 Å². The van der Waals surface area contributed by atoms with Crippen molar-refractivity contribution in [3.8, 4) is 0 Å². The molecule has 1 spiro atoms. The smallest absolute Gasteiger partial charge is 0.0690 e. The van der Waals surface area contributed by atoms with Crippen LogP contribution < -0.4 is 5.32 Å². The van der Waals surface area contributed by atoms with Crippen LogP contribution in [0.2, 0.25) is 0 Å². The lowest BCUT2D eigenvalue weighted by atomic mass is 9.46. The highest BCUT2D eigenvalue weighted by Crippen LogP contribution is 2.63. The van der Waals surface area contributed by atoms with Gasteiger partial charge in [-0.25, -0.2) is 0 Å². The molecule has 1 heterocycles. The molecule has 114 valence electrons. The average molecular weight is 287 g/mol. The van der Waals surface area contributed by atoms with Crippen molar-refractivity contribution in [1.82, 2.24) is 5.32 Å². The Kier molecular flexibility index (Phi) is 3.32. The number of aliphatic hydroxyl groups is 1. The van der Waals surface area contributed by atoms with Gasteiger partial charge in [-0.1, -0.05) is 30.7 Å².